The lowest BCUT2D eigenvalue weighted by Crippen LogP contribution is -2.46. The minimum absolute atomic E-state index is 0.0944. The standard InChI is InChI=1S/C23H26N6O3S/c1-3-5-6-10-16(24)29-15-11-12-25-22-18(15)19(28-23(29)32)20(33-22)21(31)27-14-9-7-8-13(14)26-17(30)4-2/h4-6,10-14,27,31H,2-3,7-9,24H2,1H3,(H,26,30)/b6-5-,16-10+,21-20?. The summed E-state index contributed by atoms with van der Waals surface area (Å²) < 4.78 is 1.77. The van der Waals surface area contributed by atoms with Crippen LogP contribution in [-0.2, 0) is 4.79 Å². The lowest BCUT2D eigenvalue weighted by atomic mass is 10.1. The van der Waals surface area contributed by atoms with Crippen LogP contribution in [0.15, 0.2) is 47.9 Å². The number of allylic oxidation sites excluding steroid dienone is 3. The van der Waals surface area contributed by atoms with Crippen LogP contribution in [0, 0.1) is 0 Å². The summed E-state index contributed by atoms with van der Waals surface area (Å²) in [6.45, 7) is 5.49. The van der Waals surface area contributed by atoms with Gasteiger partial charge in [-0.15, -0.1) is 11.3 Å². The Morgan fingerprint density at radius 2 is 2.15 bits per heavy atom. The van der Waals surface area contributed by atoms with Crippen molar-refractivity contribution in [1.29, 1.82) is 0 Å². The van der Waals surface area contributed by atoms with E-state index in [1.165, 1.54) is 22.0 Å². The van der Waals surface area contributed by atoms with Crippen molar-refractivity contribution >= 4 is 50.2 Å². The van der Waals surface area contributed by atoms with E-state index in [0.717, 1.165) is 25.7 Å². The van der Waals surface area contributed by atoms with Crippen molar-refractivity contribution in [2.24, 2.45) is 5.73 Å². The molecule has 9 nitrogen and oxygen atoms in total. The summed E-state index contributed by atoms with van der Waals surface area (Å²) in [6.07, 6.45) is 11.6. The number of aliphatic hydroxyl groups excluding tert-OH is 1. The van der Waals surface area contributed by atoms with Gasteiger partial charge in [-0.3, -0.25) is 4.79 Å². The Kier molecular flexibility index (Phi) is 6.45. The van der Waals surface area contributed by atoms with Gasteiger partial charge in [-0.05, 0) is 43.9 Å². The quantitative estimate of drug-likeness (QED) is 0.308. The van der Waals surface area contributed by atoms with Crippen LogP contribution in [0.3, 0.4) is 0 Å². The highest BCUT2D eigenvalue weighted by atomic mass is 32.1. The molecular weight excluding hydrogens is 440 g/mol. The lowest BCUT2D eigenvalue weighted by molar-refractivity contribution is -0.117. The van der Waals surface area contributed by atoms with Crippen LogP contribution in [0.1, 0.15) is 32.6 Å². The minimum Gasteiger partial charge on any atom is -0.494 e. The first-order chi connectivity index (χ1) is 15.9. The van der Waals surface area contributed by atoms with Gasteiger partial charge in [-0.2, -0.15) is 4.98 Å². The molecule has 0 radical (unpaired) electrons. The van der Waals surface area contributed by atoms with Gasteiger partial charge >= 0.3 is 5.69 Å². The van der Waals surface area contributed by atoms with Crippen LogP contribution in [0.5, 0.6) is 0 Å². The number of pyridine rings is 1. The van der Waals surface area contributed by atoms with Gasteiger partial charge in [0.05, 0.1) is 10.9 Å². The molecule has 1 aliphatic rings. The van der Waals surface area contributed by atoms with E-state index in [1.54, 1.807) is 24.4 Å². The molecule has 0 aromatic carbocycles. The monoisotopic (exact) mass is 466 g/mol. The van der Waals surface area contributed by atoms with Gasteiger partial charge in [0.15, 0.2) is 0 Å². The summed E-state index contributed by atoms with van der Waals surface area (Å²) in [5, 5.41) is 17.6. The highest BCUT2D eigenvalue weighted by Crippen LogP contribution is 2.26. The second kappa shape index (κ2) is 9.45. The van der Waals surface area contributed by atoms with E-state index in [-0.39, 0.29) is 29.7 Å². The molecule has 172 valence electrons. The first kappa shape index (κ1) is 22.5. The number of carbonyl (C=O) groups excluding carboxylic acids is 1. The van der Waals surface area contributed by atoms with Crippen LogP contribution in [0.2, 0.25) is 0 Å². The van der Waals surface area contributed by atoms with E-state index in [9.17, 15) is 14.7 Å². The van der Waals surface area contributed by atoms with Crippen molar-refractivity contribution < 1.29 is 9.90 Å². The molecule has 3 heterocycles. The average Bonchev–Trinajstić information content (AvgIpc) is 3.39. The van der Waals surface area contributed by atoms with Crippen LogP contribution in [0.4, 0.5) is 0 Å². The molecule has 2 atom stereocenters. The summed E-state index contributed by atoms with van der Waals surface area (Å²) in [5.74, 6) is -0.0976. The molecule has 5 N–H and O–H groups in total. The molecule has 4 rings (SSSR count). The third-order valence-electron chi connectivity index (χ3n) is 5.65. The molecule has 1 aliphatic carbocycles. The summed E-state index contributed by atoms with van der Waals surface area (Å²) in [5.41, 5.74) is 6.58. The molecule has 33 heavy (non-hydrogen) atoms. The minimum atomic E-state index is -0.543. The van der Waals surface area contributed by atoms with E-state index >= 15 is 0 Å². The van der Waals surface area contributed by atoms with Gasteiger partial charge < -0.3 is 21.5 Å². The first-order valence-electron chi connectivity index (χ1n) is 10.8. The smallest absolute Gasteiger partial charge is 0.354 e. The summed E-state index contributed by atoms with van der Waals surface area (Å²) >= 11 is 1.24. The van der Waals surface area contributed by atoms with Crippen molar-refractivity contribution in [3.63, 3.8) is 0 Å². The Morgan fingerprint density at radius 3 is 2.88 bits per heavy atom. The van der Waals surface area contributed by atoms with Gasteiger partial charge in [0, 0.05) is 18.3 Å². The number of nitrogens with one attached hydrogen (secondary N) is 2. The Hall–Kier alpha value is -3.66. The zero-order valence-corrected chi connectivity index (χ0v) is 19.1. The second-order valence-corrected chi connectivity index (χ2v) is 8.80. The Labute approximate surface area is 194 Å². The van der Waals surface area contributed by atoms with Crippen LogP contribution < -0.4 is 26.6 Å². The molecule has 10 heteroatoms. The predicted octanol–water partition coefficient (Wildman–Crippen LogP) is 1.88. The Morgan fingerprint density at radius 1 is 1.39 bits per heavy atom. The summed E-state index contributed by atoms with van der Waals surface area (Å²) in [7, 11) is 0. The average molecular weight is 467 g/mol. The molecule has 1 saturated carbocycles. The maximum absolute atomic E-state index is 12.9. The molecule has 0 bridgehead atoms. The van der Waals surface area contributed by atoms with Crippen molar-refractivity contribution in [2.75, 3.05) is 0 Å². The summed E-state index contributed by atoms with van der Waals surface area (Å²) in [4.78, 5) is 33.9. The number of hydrogen-bond acceptors (Lipinski definition) is 8. The number of nitrogens with two attached hydrogens (primary N) is 1. The predicted molar refractivity (Wildman–Crippen MR) is 131 cm³/mol. The molecular formula is C23H26N6O3S. The van der Waals surface area contributed by atoms with Crippen molar-refractivity contribution in [3.05, 3.63) is 58.2 Å². The number of nitrogens with zero attached hydrogens (tertiary/aromatic N) is 3. The van der Waals surface area contributed by atoms with Crippen LogP contribution in [-0.4, -0.2) is 37.6 Å². The molecule has 0 aliphatic heterocycles. The van der Waals surface area contributed by atoms with E-state index in [2.05, 4.69) is 27.2 Å². The van der Waals surface area contributed by atoms with Crippen LogP contribution in [0.25, 0.3) is 33.0 Å². The number of thiophene rings is 1. The van der Waals surface area contributed by atoms with Crippen molar-refractivity contribution in [1.82, 2.24) is 25.2 Å². The number of hydrogen-bond donors (Lipinski definition) is 4. The fourth-order valence-corrected chi connectivity index (χ4v) is 5.12. The number of aliphatic hydroxyl groups is 1. The van der Waals surface area contributed by atoms with Gasteiger partial charge in [-0.25, -0.2) is 14.3 Å². The maximum atomic E-state index is 12.9. The summed E-state index contributed by atoms with van der Waals surface area (Å²) in [6, 6.07) is 1.42. The zero-order valence-electron chi connectivity index (χ0n) is 18.2. The second-order valence-electron chi connectivity index (χ2n) is 7.80. The van der Waals surface area contributed by atoms with E-state index in [4.69, 9.17) is 5.73 Å². The molecule has 3 aromatic rings. The van der Waals surface area contributed by atoms with Gasteiger partial charge in [0.1, 0.15) is 20.7 Å². The molecule has 0 spiro atoms. The fraction of sp³-hybridized carbons (Fsp3) is 0.304. The largest absolute Gasteiger partial charge is 0.494 e. The number of amides is 1. The highest BCUT2D eigenvalue weighted by molar-refractivity contribution is 7.17. The van der Waals surface area contributed by atoms with Gasteiger partial charge in [-0.1, -0.05) is 25.7 Å². The van der Waals surface area contributed by atoms with Crippen LogP contribution >= 0.6 is 11.3 Å². The first-order valence-corrected chi connectivity index (χ1v) is 11.6. The number of aromatic nitrogens is 3. The SMILES string of the molecule is C=CC(=O)NC1CCCC1NC(O)=c1sc2nccc3c2c1nc(=O)n3/C(N)=C/C=C\CC. The number of rotatable bonds is 7. The van der Waals surface area contributed by atoms with E-state index in [1.807, 2.05) is 13.0 Å². The maximum Gasteiger partial charge on any atom is 0.354 e. The lowest BCUT2D eigenvalue weighted by Gasteiger charge is -2.21. The van der Waals surface area contributed by atoms with Crippen molar-refractivity contribution in [3.8, 4) is 0 Å². The van der Waals surface area contributed by atoms with Crippen molar-refractivity contribution in [2.45, 2.75) is 44.7 Å². The van der Waals surface area contributed by atoms with E-state index in [0.29, 0.717) is 25.8 Å². The van der Waals surface area contributed by atoms with Gasteiger partial charge in [0.25, 0.3) is 0 Å². The topological polar surface area (TPSA) is 135 Å². The Bertz CT molecular complexity index is 1390. The Balaban J connectivity index is 1.81. The molecule has 0 saturated heterocycles. The van der Waals surface area contributed by atoms with Gasteiger partial charge in [0.2, 0.25) is 11.8 Å². The number of carbonyl (C=O) groups is 1. The van der Waals surface area contributed by atoms with E-state index < -0.39 is 5.69 Å². The molecule has 3 aromatic heterocycles. The third-order valence-corrected chi connectivity index (χ3v) is 6.74. The molecule has 2 unspecified atom stereocenters. The zero-order chi connectivity index (χ0) is 23.5. The fourth-order valence-electron chi connectivity index (χ4n) is 4.11. The molecule has 1 amide bonds. The highest BCUT2D eigenvalue weighted by Gasteiger charge is 2.29. The normalized spacial score (nSPS) is 20.0. The third kappa shape index (κ3) is 4.34. The molecule has 1 fully saturated rings.